The molecular formula is C22H28N2O. The highest BCUT2D eigenvalue weighted by Gasteiger charge is 2.27. The van der Waals surface area contributed by atoms with Crippen molar-refractivity contribution in [3.63, 3.8) is 0 Å². The van der Waals surface area contributed by atoms with E-state index in [1.807, 2.05) is 42.5 Å². The second-order valence-corrected chi connectivity index (χ2v) is 6.97. The van der Waals surface area contributed by atoms with Crippen LogP contribution in [0.15, 0.2) is 54.6 Å². The number of benzene rings is 2. The lowest BCUT2D eigenvalue weighted by Gasteiger charge is -2.32. The van der Waals surface area contributed by atoms with Gasteiger partial charge in [-0.3, -0.25) is 9.69 Å². The Morgan fingerprint density at radius 2 is 1.48 bits per heavy atom. The average Bonchev–Trinajstić information content (AvgIpc) is 2.60. The summed E-state index contributed by atoms with van der Waals surface area (Å²) in [5.74, 6) is 0.0654. The molecule has 0 saturated carbocycles. The van der Waals surface area contributed by atoms with Gasteiger partial charge in [-0.2, -0.15) is 0 Å². The zero-order valence-corrected chi connectivity index (χ0v) is 15.1. The number of amides is 1. The number of aryl methyl sites for hydroxylation is 1. The predicted octanol–water partition coefficient (Wildman–Crippen LogP) is 4.94. The molecule has 1 heterocycles. The molecule has 25 heavy (non-hydrogen) atoms. The van der Waals surface area contributed by atoms with E-state index in [0.717, 1.165) is 24.3 Å². The van der Waals surface area contributed by atoms with E-state index in [2.05, 4.69) is 29.3 Å². The molecule has 1 saturated heterocycles. The Kier molecular flexibility index (Phi) is 6.24. The van der Waals surface area contributed by atoms with E-state index >= 15 is 0 Å². The van der Waals surface area contributed by atoms with Crippen molar-refractivity contribution >= 4 is 11.6 Å². The number of nitrogens with zero attached hydrogens (tertiary/aromatic N) is 1. The zero-order chi connectivity index (χ0) is 17.5. The standard InChI is InChI=1S/C22H28N2O/c1-18-12-14-20(15-13-18)23-22(25)21(19-10-6-5-7-11-19)24-16-8-3-2-4-9-17-24/h5-7,10-15,21H,2-4,8-9,16-17H2,1H3,(H,23,25). The minimum Gasteiger partial charge on any atom is -0.324 e. The molecule has 2 aromatic carbocycles. The fraction of sp³-hybridized carbons (Fsp3) is 0.409. The first-order valence-electron chi connectivity index (χ1n) is 9.40. The van der Waals surface area contributed by atoms with Crippen molar-refractivity contribution in [3.05, 3.63) is 65.7 Å². The summed E-state index contributed by atoms with van der Waals surface area (Å²) in [5, 5.41) is 3.12. The Bertz CT molecular complexity index is 658. The number of nitrogens with one attached hydrogen (secondary N) is 1. The molecule has 1 atom stereocenters. The predicted molar refractivity (Wildman–Crippen MR) is 104 cm³/mol. The number of carbonyl (C=O) groups excluding carboxylic acids is 1. The number of carbonyl (C=O) groups is 1. The first-order chi connectivity index (χ1) is 12.2. The van der Waals surface area contributed by atoms with E-state index in [1.165, 1.54) is 37.7 Å². The number of likely N-dealkylation sites (tertiary alicyclic amines) is 1. The Labute approximate surface area is 151 Å². The van der Waals surface area contributed by atoms with Crippen LogP contribution in [0, 0.1) is 6.92 Å². The molecular weight excluding hydrogens is 308 g/mol. The first kappa shape index (κ1) is 17.7. The summed E-state index contributed by atoms with van der Waals surface area (Å²) >= 11 is 0. The van der Waals surface area contributed by atoms with Crippen LogP contribution in [0.2, 0.25) is 0 Å². The SMILES string of the molecule is Cc1ccc(NC(=O)C(c2ccccc2)N2CCCCCCC2)cc1. The van der Waals surface area contributed by atoms with Crippen molar-refractivity contribution in [1.29, 1.82) is 0 Å². The Hall–Kier alpha value is -2.13. The van der Waals surface area contributed by atoms with Crippen molar-refractivity contribution in [1.82, 2.24) is 4.90 Å². The summed E-state index contributed by atoms with van der Waals surface area (Å²) in [6.07, 6.45) is 6.18. The molecule has 3 rings (SSSR count). The third-order valence-electron chi connectivity index (χ3n) is 4.94. The van der Waals surface area contributed by atoms with E-state index in [9.17, 15) is 4.79 Å². The molecule has 0 aliphatic carbocycles. The van der Waals surface area contributed by atoms with Gasteiger partial charge in [0.2, 0.25) is 5.91 Å². The molecule has 0 radical (unpaired) electrons. The second-order valence-electron chi connectivity index (χ2n) is 6.97. The van der Waals surface area contributed by atoms with E-state index < -0.39 is 0 Å². The number of rotatable bonds is 4. The van der Waals surface area contributed by atoms with Crippen LogP contribution in [0.5, 0.6) is 0 Å². The van der Waals surface area contributed by atoms with Gasteiger partial charge in [-0.1, -0.05) is 67.3 Å². The quantitative estimate of drug-likeness (QED) is 0.857. The molecule has 132 valence electrons. The highest BCUT2D eigenvalue weighted by Crippen LogP contribution is 2.25. The van der Waals surface area contributed by atoms with Crippen molar-refractivity contribution in [3.8, 4) is 0 Å². The van der Waals surface area contributed by atoms with Gasteiger partial charge in [-0.05, 0) is 50.6 Å². The van der Waals surface area contributed by atoms with E-state index in [1.54, 1.807) is 0 Å². The molecule has 0 spiro atoms. The summed E-state index contributed by atoms with van der Waals surface area (Å²) in [6.45, 7) is 4.03. The van der Waals surface area contributed by atoms with Crippen LogP contribution in [0.25, 0.3) is 0 Å². The van der Waals surface area contributed by atoms with Gasteiger partial charge in [-0.25, -0.2) is 0 Å². The topological polar surface area (TPSA) is 32.3 Å². The summed E-state index contributed by atoms with van der Waals surface area (Å²) in [4.78, 5) is 15.5. The van der Waals surface area contributed by atoms with Crippen LogP contribution in [0.4, 0.5) is 5.69 Å². The lowest BCUT2D eigenvalue weighted by atomic mass is 10.0. The molecule has 1 aliphatic rings. The van der Waals surface area contributed by atoms with Crippen molar-refractivity contribution in [2.45, 2.75) is 45.1 Å². The Morgan fingerprint density at radius 1 is 0.880 bits per heavy atom. The number of anilines is 1. The van der Waals surface area contributed by atoms with Crippen LogP contribution in [0.1, 0.15) is 49.3 Å². The van der Waals surface area contributed by atoms with Crippen LogP contribution in [-0.4, -0.2) is 23.9 Å². The maximum absolute atomic E-state index is 13.1. The molecule has 1 fully saturated rings. The minimum absolute atomic E-state index is 0.0654. The van der Waals surface area contributed by atoms with Gasteiger partial charge >= 0.3 is 0 Å². The van der Waals surface area contributed by atoms with Crippen LogP contribution < -0.4 is 5.32 Å². The fourth-order valence-electron chi connectivity index (χ4n) is 3.54. The summed E-state index contributed by atoms with van der Waals surface area (Å²) in [6, 6.07) is 18.0. The molecule has 0 aromatic heterocycles. The first-order valence-corrected chi connectivity index (χ1v) is 9.40. The van der Waals surface area contributed by atoms with Crippen molar-refractivity contribution in [2.24, 2.45) is 0 Å². The third-order valence-corrected chi connectivity index (χ3v) is 4.94. The molecule has 1 unspecified atom stereocenters. The maximum Gasteiger partial charge on any atom is 0.246 e. The largest absolute Gasteiger partial charge is 0.324 e. The van der Waals surface area contributed by atoms with Crippen molar-refractivity contribution < 1.29 is 4.79 Å². The van der Waals surface area contributed by atoms with Gasteiger partial charge in [0.1, 0.15) is 6.04 Å². The molecule has 0 bridgehead atoms. The normalized spacial score (nSPS) is 17.3. The lowest BCUT2D eigenvalue weighted by molar-refractivity contribution is -0.121. The van der Waals surface area contributed by atoms with Gasteiger partial charge in [-0.15, -0.1) is 0 Å². The third kappa shape index (κ3) is 4.93. The lowest BCUT2D eigenvalue weighted by Crippen LogP contribution is -2.39. The number of hydrogen-bond donors (Lipinski definition) is 1. The summed E-state index contributed by atoms with van der Waals surface area (Å²) in [5.41, 5.74) is 3.14. The highest BCUT2D eigenvalue weighted by molar-refractivity contribution is 5.95. The van der Waals surface area contributed by atoms with Gasteiger partial charge < -0.3 is 5.32 Å². The van der Waals surface area contributed by atoms with Gasteiger partial charge in [0.15, 0.2) is 0 Å². The smallest absolute Gasteiger partial charge is 0.246 e. The average molecular weight is 336 g/mol. The molecule has 3 nitrogen and oxygen atoms in total. The van der Waals surface area contributed by atoms with Gasteiger partial charge in [0.25, 0.3) is 0 Å². The fourth-order valence-corrected chi connectivity index (χ4v) is 3.54. The Balaban J connectivity index is 1.82. The van der Waals surface area contributed by atoms with E-state index in [0.29, 0.717) is 0 Å². The molecule has 1 amide bonds. The second kappa shape index (κ2) is 8.82. The molecule has 1 aliphatic heterocycles. The zero-order valence-electron chi connectivity index (χ0n) is 15.1. The van der Waals surface area contributed by atoms with Gasteiger partial charge in [0.05, 0.1) is 0 Å². The van der Waals surface area contributed by atoms with Crippen LogP contribution >= 0.6 is 0 Å². The Morgan fingerprint density at radius 3 is 2.12 bits per heavy atom. The summed E-state index contributed by atoms with van der Waals surface area (Å²) in [7, 11) is 0. The minimum atomic E-state index is -0.222. The van der Waals surface area contributed by atoms with E-state index in [-0.39, 0.29) is 11.9 Å². The molecule has 1 N–H and O–H groups in total. The highest BCUT2D eigenvalue weighted by atomic mass is 16.2. The maximum atomic E-state index is 13.1. The van der Waals surface area contributed by atoms with Gasteiger partial charge in [0, 0.05) is 5.69 Å². The van der Waals surface area contributed by atoms with Crippen molar-refractivity contribution in [2.75, 3.05) is 18.4 Å². The number of hydrogen-bond acceptors (Lipinski definition) is 2. The molecule has 2 aromatic rings. The summed E-state index contributed by atoms with van der Waals surface area (Å²) < 4.78 is 0. The molecule has 3 heteroatoms. The van der Waals surface area contributed by atoms with E-state index in [4.69, 9.17) is 0 Å². The monoisotopic (exact) mass is 336 g/mol. The van der Waals surface area contributed by atoms with Crippen LogP contribution in [-0.2, 0) is 4.79 Å². The van der Waals surface area contributed by atoms with Crippen LogP contribution in [0.3, 0.4) is 0 Å².